The van der Waals surface area contributed by atoms with Gasteiger partial charge in [-0.2, -0.15) is 5.06 Å². The second-order valence-corrected chi connectivity index (χ2v) is 16.2. The van der Waals surface area contributed by atoms with Crippen molar-refractivity contribution in [3.8, 4) is 0 Å². The van der Waals surface area contributed by atoms with E-state index in [4.69, 9.17) is 33.3 Å². The summed E-state index contributed by atoms with van der Waals surface area (Å²) in [5.74, 6) is -3.38. The summed E-state index contributed by atoms with van der Waals surface area (Å²) in [7, 11) is 0. The Hall–Kier alpha value is -4.42. The SMILES string of the molecule is CC(C)(C)OC(=O)CC[C@@H](CO)NC(=O)CCNC(=O)[C@@]12C[C@H]3OC(=O)[C@@H]1N(Cc1cccc(C=CC(=O)O[C@H]4C(=O)OCC4(C)C)c1)O[C@@H]2[C@H]1OCO[C@H]13. The number of aliphatic hydroxyl groups excluding tert-OH is 1. The first kappa shape index (κ1) is 40.2. The summed E-state index contributed by atoms with van der Waals surface area (Å²) in [6.45, 7) is 8.44. The monoisotopic (exact) mass is 771 g/mol. The number of ether oxygens (including phenoxy) is 6. The third kappa shape index (κ3) is 8.70. The van der Waals surface area contributed by atoms with Crippen LogP contribution in [0, 0.1) is 10.8 Å². The Morgan fingerprint density at radius 1 is 1.09 bits per heavy atom. The number of carbonyl (C=O) groups is 6. The van der Waals surface area contributed by atoms with E-state index in [0.29, 0.717) is 11.1 Å². The van der Waals surface area contributed by atoms with Gasteiger partial charge >= 0.3 is 23.9 Å². The van der Waals surface area contributed by atoms with Crippen LogP contribution in [0.5, 0.6) is 0 Å². The molecule has 6 rings (SSSR count). The average molecular weight is 772 g/mol. The van der Waals surface area contributed by atoms with Gasteiger partial charge in [0.05, 0.1) is 19.2 Å². The molecule has 17 heteroatoms. The van der Waals surface area contributed by atoms with Gasteiger partial charge in [0.2, 0.25) is 17.9 Å². The van der Waals surface area contributed by atoms with E-state index in [1.165, 1.54) is 17.2 Å². The number of nitrogens with one attached hydrogen (secondary N) is 2. The minimum Gasteiger partial charge on any atom is -0.462 e. The summed E-state index contributed by atoms with van der Waals surface area (Å²) < 4.78 is 33.2. The Balaban J connectivity index is 1.11. The van der Waals surface area contributed by atoms with E-state index in [0.717, 1.165) is 0 Å². The number of carbonyl (C=O) groups excluding carboxylic acids is 6. The average Bonchev–Trinajstić information content (AvgIpc) is 3.81. The zero-order valence-electron chi connectivity index (χ0n) is 31.6. The van der Waals surface area contributed by atoms with Crippen LogP contribution < -0.4 is 10.6 Å². The number of hydrogen-bond donors (Lipinski definition) is 3. The van der Waals surface area contributed by atoms with Crippen molar-refractivity contribution in [1.82, 2.24) is 15.7 Å². The minimum absolute atomic E-state index is 0.000505. The summed E-state index contributed by atoms with van der Waals surface area (Å²) in [6.07, 6.45) is -1.17. The molecule has 8 atom stereocenters. The Kier molecular flexibility index (Phi) is 11.7. The van der Waals surface area contributed by atoms with Crippen LogP contribution in [0.2, 0.25) is 0 Å². The molecule has 300 valence electrons. The summed E-state index contributed by atoms with van der Waals surface area (Å²) in [5.41, 5.74) is -1.45. The fourth-order valence-electron chi connectivity index (χ4n) is 7.71. The third-order valence-corrected chi connectivity index (χ3v) is 10.3. The molecule has 4 aliphatic heterocycles. The molecule has 2 amide bonds. The number of fused-ring (bicyclic) bond motifs is 4. The van der Waals surface area contributed by atoms with Crippen molar-refractivity contribution in [1.29, 1.82) is 0 Å². The molecule has 0 radical (unpaired) electrons. The van der Waals surface area contributed by atoms with Gasteiger partial charge < -0.3 is 44.2 Å². The van der Waals surface area contributed by atoms with Crippen LogP contribution in [0.1, 0.15) is 71.4 Å². The maximum atomic E-state index is 14.2. The van der Waals surface area contributed by atoms with Crippen LogP contribution in [0.4, 0.5) is 0 Å². The number of amides is 2. The fraction of sp³-hybridized carbons (Fsp3) is 0.632. The molecule has 1 aromatic carbocycles. The number of cyclic esters (lactones) is 1. The quantitative estimate of drug-likeness (QED) is 0.136. The molecule has 1 aromatic rings. The number of nitrogens with zero attached hydrogens (tertiary/aromatic N) is 1. The smallest absolute Gasteiger partial charge is 0.348 e. The lowest BCUT2D eigenvalue weighted by molar-refractivity contribution is -0.201. The Bertz CT molecular complexity index is 1710. The molecule has 0 aromatic heterocycles. The molecule has 4 heterocycles. The Labute approximate surface area is 318 Å². The molecule has 0 spiro atoms. The van der Waals surface area contributed by atoms with Gasteiger partial charge in [-0.15, -0.1) is 0 Å². The number of rotatable bonds is 14. The first-order valence-electron chi connectivity index (χ1n) is 18.4. The summed E-state index contributed by atoms with van der Waals surface area (Å²) in [5, 5.41) is 16.7. The maximum absolute atomic E-state index is 14.2. The summed E-state index contributed by atoms with van der Waals surface area (Å²) in [6, 6.07) is 5.23. The van der Waals surface area contributed by atoms with Crippen LogP contribution in [-0.2, 0) is 68.6 Å². The highest BCUT2D eigenvalue weighted by molar-refractivity contribution is 5.94. The van der Waals surface area contributed by atoms with Gasteiger partial charge in [0.25, 0.3) is 0 Å². The predicted octanol–water partition coefficient (Wildman–Crippen LogP) is 0.841. The highest BCUT2D eigenvalue weighted by Crippen LogP contribution is 2.55. The van der Waals surface area contributed by atoms with Crippen molar-refractivity contribution in [3.05, 3.63) is 41.5 Å². The van der Waals surface area contributed by atoms with Gasteiger partial charge in [-0.3, -0.25) is 24.0 Å². The molecule has 1 saturated carbocycles. The van der Waals surface area contributed by atoms with Gasteiger partial charge in [-0.05, 0) is 44.4 Å². The molecule has 5 fully saturated rings. The van der Waals surface area contributed by atoms with Crippen molar-refractivity contribution in [2.24, 2.45) is 10.8 Å². The molecule has 1 aliphatic carbocycles. The van der Waals surface area contributed by atoms with Crippen LogP contribution in [0.25, 0.3) is 6.08 Å². The first-order valence-corrected chi connectivity index (χ1v) is 18.4. The topological polar surface area (TPSA) is 215 Å². The fourth-order valence-corrected chi connectivity index (χ4v) is 7.71. The number of hydrogen-bond acceptors (Lipinski definition) is 15. The maximum Gasteiger partial charge on any atom is 0.348 e. The van der Waals surface area contributed by atoms with Crippen LogP contribution in [0.15, 0.2) is 30.3 Å². The number of benzene rings is 1. The standard InChI is InChI=1S/C38H49N3O14/c1-36(2,3)54-27(45)12-10-23(18-42)40-25(43)13-14-39-35(48)38-16-24-28-29(51-20-50-28)31(38)55-41(30(38)33(46)52-24)17-22-8-6-7-21(15-22)9-11-26(44)53-32-34(47)49-19-37(32,4)5/h6-9,11,15,23-24,28-32,42H,10,12-14,16-20H2,1-5H3,(H,39,48)(H,40,43)/t23-,24+,28-,29-,30-,31+,32-,38-/m0/s1. The third-order valence-electron chi connectivity index (χ3n) is 10.3. The Morgan fingerprint density at radius 2 is 1.85 bits per heavy atom. The molecule has 0 unspecified atom stereocenters. The van der Waals surface area contributed by atoms with Crippen LogP contribution >= 0.6 is 0 Å². The van der Waals surface area contributed by atoms with Crippen molar-refractivity contribution in [2.75, 3.05) is 26.6 Å². The van der Waals surface area contributed by atoms with E-state index >= 15 is 0 Å². The normalized spacial score (nSPS) is 29.9. The lowest BCUT2D eigenvalue weighted by Crippen LogP contribution is -2.69. The molecule has 55 heavy (non-hydrogen) atoms. The zero-order chi connectivity index (χ0) is 39.7. The van der Waals surface area contributed by atoms with E-state index in [2.05, 4.69) is 10.6 Å². The van der Waals surface area contributed by atoms with Crippen molar-refractivity contribution < 1.29 is 67.1 Å². The molecule has 4 saturated heterocycles. The molecule has 3 N–H and O–H groups in total. The molecule has 5 aliphatic rings. The van der Waals surface area contributed by atoms with E-state index in [1.54, 1.807) is 58.9 Å². The van der Waals surface area contributed by atoms with Crippen molar-refractivity contribution in [2.45, 2.75) is 115 Å². The van der Waals surface area contributed by atoms with Gasteiger partial charge in [0, 0.05) is 37.3 Å². The summed E-state index contributed by atoms with van der Waals surface area (Å²) in [4.78, 5) is 83.9. The largest absolute Gasteiger partial charge is 0.462 e. The lowest BCUT2D eigenvalue weighted by atomic mass is 9.62. The number of esters is 4. The second-order valence-electron chi connectivity index (χ2n) is 16.2. The highest BCUT2D eigenvalue weighted by atomic mass is 16.8. The van der Waals surface area contributed by atoms with Gasteiger partial charge in [-0.25, -0.2) is 9.59 Å². The Morgan fingerprint density at radius 3 is 2.56 bits per heavy atom. The minimum atomic E-state index is -1.44. The van der Waals surface area contributed by atoms with Gasteiger partial charge in [0.1, 0.15) is 48.8 Å². The second kappa shape index (κ2) is 16.0. The van der Waals surface area contributed by atoms with Crippen LogP contribution in [-0.4, -0.2) is 121 Å². The summed E-state index contributed by atoms with van der Waals surface area (Å²) >= 11 is 0. The first-order chi connectivity index (χ1) is 26.0. The van der Waals surface area contributed by atoms with E-state index in [1.807, 2.05) is 0 Å². The number of aliphatic hydroxyl groups is 1. The number of hydroxylamine groups is 2. The molecule has 2 bridgehead atoms. The molecule has 17 nitrogen and oxygen atoms in total. The predicted molar refractivity (Wildman–Crippen MR) is 188 cm³/mol. The zero-order valence-corrected chi connectivity index (χ0v) is 31.6. The van der Waals surface area contributed by atoms with Crippen LogP contribution in [0.3, 0.4) is 0 Å². The van der Waals surface area contributed by atoms with E-state index in [-0.39, 0.29) is 52.2 Å². The van der Waals surface area contributed by atoms with Crippen molar-refractivity contribution >= 4 is 41.8 Å². The lowest BCUT2D eigenvalue weighted by Gasteiger charge is -2.48. The highest BCUT2D eigenvalue weighted by Gasteiger charge is 2.74. The molecular weight excluding hydrogens is 722 g/mol. The van der Waals surface area contributed by atoms with Crippen molar-refractivity contribution in [3.63, 3.8) is 0 Å². The van der Waals surface area contributed by atoms with E-state index < -0.39 is 101 Å². The molecular formula is C38H49N3O14. The van der Waals surface area contributed by atoms with E-state index in [9.17, 15) is 33.9 Å². The van der Waals surface area contributed by atoms with Gasteiger partial charge in [0.15, 0.2) is 6.04 Å². The van der Waals surface area contributed by atoms with Gasteiger partial charge in [-0.1, -0.05) is 38.1 Å².